The molecule has 1 aliphatic carbocycles. The summed E-state index contributed by atoms with van der Waals surface area (Å²) in [6, 6.07) is 10.4. The first kappa shape index (κ1) is 15.8. The summed E-state index contributed by atoms with van der Waals surface area (Å²) < 4.78 is 2.15. The van der Waals surface area contributed by atoms with Gasteiger partial charge in [-0.2, -0.15) is 0 Å². The van der Waals surface area contributed by atoms with Crippen LogP contribution in [-0.2, 0) is 17.8 Å². The second-order valence-electron chi connectivity index (χ2n) is 6.33. The van der Waals surface area contributed by atoms with Crippen LogP contribution in [0.1, 0.15) is 43.5 Å². The van der Waals surface area contributed by atoms with Crippen molar-refractivity contribution < 1.29 is 4.79 Å². The van der Waals surface area contributed by atoms with E-state index in [-0.39, 0.29) is 11.8 Å². The molecular formula is C19H25N3O. The molecule has 2 aromatic rings. The molecular weight excluding hydrogens is 286 g/mol. The van der Waals surface area contributed by atoms with E-state index in [1.165, 1.54) is 24.8 Å². The van der Waals surface area contributed by atoms with Crippen molar-refractivity contribution in [2.45, 2.75) is 45.1 Å². The fourth-order valence-corrected chi connectivity index (χ4v) is 3.30. The first-order valence-corrected chi connectivity index (χ1v) is 8.64. The maximum absolute atomic E-state index is 12.2. The number of amides is 1. The molecule has 122 valence electrons. The molecule has 1 aromatic heterocycles. The number of hydrogen-bond donors (Lipinski definition) is 1. The summed E-state index contributed by atoms with van der Waals surface area (Å²) >= 11 is 0. The van der Waals surface area contributed by atoms with Gasteiger partial charge in [-0.15, -0.1) is 0 Å². The number of benzene rings is 1. The molecule has 3 rings (SSSR count). The number of carbonyl (C=O) groups is 1. The van der Waals surface area contributed by atoms with Crippen LogP contribution in [-0.4, -0.2) is 22.0 Å². The van der Waals surface area contributed by atoms with Gasteiger partial charge in [0.15, 0.2) is 0 Å². The molecule has 0 bridgehead atoms. The minimum atomic E-state index is 0.228. The second kappa shape index (κ2) is 7.95. The van der Waals surface area contributed by atoms with E-state index in [4.69, 9.17) is 0 Å². The largest absolute Gasteiger partial charge is 0.355 e. The first-order chi connectivity index (χ1) is 11.3. The molecule has 4 nitrogen and oxygen atoms in total. The summed E-state index contributed by atoms with van der Waals surface area (Å²) in [5.74, 6) is 1.48. The lowest BCUT2D eigenvalue weighted by molar-refractivity contribution is -0.125. The maximum atomic E-state index is 12.2. The second-order valence-corrected chi connectivity index (χ2v) is 6.33. The van der Waals surface area contributed by atoms with Crippen molar-refractivity contribution in [1.29, 1.82) is 0 Å². The molecule has 0 saturated heterocycles. The van der Waals surface area contributed by atoms with Gasteiger partial charge in [-0.25, -0.2) is 4.98 Å². The number of aromatic nitrogens is 2. The van der Waals surface area contributed by atoms with Gasteiger partial charge in [-0.05, 0) is 18.4 Å². The molecule has 1 aliphatic rings. The molecule has 0 atom stereocenters. The van der Waals surface area contributed by atoms with E-state index in [1.807, 2.05) is 18.5 Å². The van der Waals surface area contributed by atoms with Crippen molar-refractivity contribution in [3.8, 4) is 0 Å². The van der Waals surface area contributed by atoms with Crippen molar-refractivity contribution in [1.82, 2.24) is 14.9 Å². The summed E-state index contributed by atoms with van der Waals surface area (Å²) in [4.78, 5) is 16.6. The van der Waals surface area contributed by atoms with Crippen molar-refractivity contribution in [2.24, 2.45) is 5.92 Å². The van der Waals surface area contributed by atoms with E-state index in [9.17, 15) is 4.79 Å². The van der Waals surface area contributed by atoms with Crippen LogP contribution in [0.3, 0.4) is 0 Å². The lowest BCUT2D eigenvalue weighted by Crippen LogP contribution is -2.33. The first-order valence-electron chi connectivity index (χ1n) is 8.64. The van der Waals surface area contributed by atoms with Gasteiger partial charge in [0, 0.05) is 37.8 Å². The highest BCUT2D eigenvalue weighted by Crippen LogP contribution is 2.23. The molecule has 0 unspecified atom stereocenters. The van der Waals surface area contributed by atoms with Crippen molar-refractivity contribution in [2.75, 3.05) is 6.54 Å². The number of imidazole rings is 1. The Hall–Kier alpha value is -2.10. The van der Waals surface area contributed by atoms with Gasteiger partial charge < -0.3 is 9.88 Å². The van der Waals surface area contributed by atoms with Crippen LogP contribution < -0.4 is 5.32 Å². The van der Waals surface area contributed by atoms with Gasteiger partial charge in [0.05, 0.1) is 0 Å². The zero-order chi connectivity index (χ0) is 15.9. The number of rotatable bonds is 6. The maximum Gasteiger partial charge on any atom is 0.223 e. The minimum absolute atomic E-state index is 0.228. The fraction of sp³-hybridized carbons (Fsp3) is 0.474. The molecule has 1 N–H and O–H groups in total. The Kier molecular flexibility index (Phi) is 5.46. The van der Waals surface area contributed by atoms with Crippen molar-refractivity contribution in [3.05, 3.63) is 54.1 Å². The highest BCUT2D eigenvalue weighted by Gasteiger charge is 2.20. The smallest absolute Gasteiger partial charge is 0.223 e. The topological polar surface area (TPSA) is 46.9 Å². The Morgan fingerprint density at radius 2 is 1.96 bits per heavy atom. The SMILES string of the molecule is O=C(NCCc1nccn1Cc1ccccc1)C1CCCCC1. The Morgan fingerprint density at radius 3 is 2.74 bits per heavy atom. The molecule has 0 aliphatic heterocycles. The fourth-order valence-electron chi connectivity index (χ4n) is 3.30. The Balaban J connectivity index is 1.49. The molecule has 23 heavy (non-hydrogen) atoms. The average molecular weight is 311 g/mol. The van der Waals surface area contributed by atoms with Crippen molar-refractivity contribution >= 4 is 5.91 Å². The van der Waals surface area contributed by atoms with Gasteiger partial charge in [0.2, 0.25) is 5.91 Å². The zero-order valence-corrected chi connectivity index (χ0v) is 13.6. The van der Waals surface area contributed by atoms with Gasteiger partial charge in [0.25, 0.3) is 0 Å². The Bertz CT molecular complexity index is 615. The minimum Gasteiger partial charge on any atom is -0.355 e. The monoisotopic (exact) mass is 311 g/mol. The number of hydrogen-bond acceptors (Lipinski definition) is 2. The van der Waals surface area contributed by atoms with E-state index < -0.39 is 0 Å². The van der Waals surface area contributed by atoms with E-state index >= 15 is 0 Å². The van der Waals surface area contributed by atoms with Gasteiger partial charge in [-0.1, -0.05) is 49.6 Å². The normalized spacial score (nSPS) is 15.5. The molecule has 1 saturated carbocycles. The quantitative estimate of drug-likeness (QED) is 0.890. The molecule has 1 heterocycles. The van der Waals surface area contributed by atoms with Crippen LogP contribution in [0.2, 0.25) is 0 Å². The third kappa shape index (κ3) is 4.44. The summed E-state index contributed by atoms with van der Waals surface area (Å²) in [7, 11) is 0. The zero-order valence-electron chi connectivity index (χ0n) is 13.6. The van der Waals surface area contributed by atoms with Crippen LogP contribution >= 0.6 is 0 Å². The standard InChI is InChI=1S/C19H25N3O/c23-19(17-9-5-2-6-10-17)21-12-11-18-20-13-14-22(18)15-16-7-3-1-4-8-16/h1,3-4,7-8,13-14,17H,2,5-6,9-12,15H2,(H,21,23). The molecule has 1 aromatic carbocycles. The van der Waals surface area contributed by atoms with Crippen LogP contribution in [0, 0.1) is 5.92 Å². The lowest BCUT2D eigenvalue weighted by atomic mass is 9.89. The third-order valence-electron chi connectivity index (χ3n) is 4.62. The molecule has 1 amide bonds. The predicted molar refractivity (Wildman–Crippen MR) is 91.1 cm³/mol. The van der Waals surface area contributed by atoms with Gasteiger partial charge >= 0.3 is 0 Å². The lowest BCUT2D eigenvalue weighted by Gasteiger charge is -2.20. The highest BCUT2D eigenvalue weighted by molar-refractivity contribution is 5.78. The molecule has 0 spiro atoms. The van der Waals surface area contributed by atoms with E-state index in [1.54, 1.807) is 0 Å². The average Bonchev–Trinajstić information content (AvgIpc) is 3.03. The summed E-state index contributed by atoms with van der Waals surface area (Å²) in [5, 5.41) is 3.09. The number of carbonyl (C=O) groups excluding carboxylic acids is 1. The molecule has 4 heteroatoms. The number of nitrogens with one attached hydrogen (secondary N) is 1. The summed E-state index contributed by atoms with van der Waals surface area (Å²) in [5.41, 5.74) is 1.26. The van der Waals surface area contributed by atoms with Crippen LogP contribution in [0.25, 0.3) is 0 Å². The van der Waals surface area contributed by atoms with E-state index in [0.717, 1.165) is 31.6 Å². The van der Waals surface area contributed by atoms with Crippen LogP contribution in [0.4, 0.5) is 0 Å². The Labute approximate surface area is 137 Å². The van der Waals surface area contributed by atoms with Gasteiger partial charge in [-0.3, -0.25) is 4.79 Å². The summed E-state index contributed by atoms with van der Waals surface area (Å²) in [6.45, 7) is 1.49. The molecule has 1 fully saturated rings. The third-order valence-corrected chi connectivity index (χ3v) is 4.62. The Morgan fingerprint density at radius 1 is 1.17 bits per heavy atom. The van der Waals surface area contributed by atoms with Gasteiger partial charge in [0.1, 0.15) is 5.82 Å². The van der Waals surface area contributed by atoms with Crippen LogP contribution in [0.5, 0.6) is 0 Å². The predicted octanol–water partition coefficient (Wildman–Crippen LogP) is 3.17. The number of nitrogens with zero attached hydrogens (tertiary/aromatic N) is 2. The van der Waals surface area contributed by atoms with Crippen molar-refractivity contribution in [3.63, 3.8) is 0 Å². The molecule has 0 radical (unpaired) electrons. The van der Waals surface area contributed by atoms with E-state index in [2.05, 4.69) is 39.1 Å². The highest BCUT2D eigenvalue weighted by atomic mass is 16.1. The van der Waals surface area contributed by atoms with E-state index in [0.29, 0.717) is 6.54 Å². The van der Waals surface area contributed by atoms with Crippen LogP contribution in [0.15, 0.2) is 42.7 Å². The summed E-state index contributed by atoms with van der Waals surface area (Å²) in [6.07, 6.45) is 10.4.